The lowest BCUT2D eigenvalue weighted by atomic mass is 9.78. The number of amides is 1. The second-order valence-electron chi connectivity index (χ2n) is 18.4. The van der Waals surface area contributed by atoms with Gasteiger partial charge in [0.25, 0.3) is 11.7 Å². The minimum absolute atomic E-state index is 0.0677. The van der Waals surface area contributed by atoms with Gasteiger partial charge in [0.15, 0.2) is 5.75 Å². The standard InChI is InChI=1S/C50H71N3O12/c1-28-21-20-22-29(2)49(61)52-40-35(27-51-53-24-18-16-14-12-10-11-13-15-17-19-25-53)44(58)37-38(45(40)59)43(57)33(6)47-39(37)48(60)50(8,65-47)63-26-23-36(62-9)30(3)46(64-34(7)54)32(5)42(56)31(4)41(28)55/h20-23,26-28,30-32,36,41-42,46,55-59H,10-19,24-25H2,1-9H3,(H,52,61)/b21-20?,26-23?,29-22?,51-27+. The maximum atomic E-state index is 14.6. The zero-order chi connectivity index (χ0) is 47.7. The molecule has 15 heteroatoms. The van der Waals surface area contributed by atoms with Crippen LogP contribution in [-0.2, 0) is 23.8 Å². The van der Waals surface area contributed by atoms with Gasteiger partial charge in [-0.1, -0.05) is 97.3 Å². The van der Waals surface area contributed by atoms with Crippen molar-refractivity contribution in [2.45, 2.75) is 150 Å². The van der Waals surface area contributed by atoms with Gasteiger partial charge in [0.1, 0.15) is 23.4 Å². The van der Waals surface area contributed by atoms with Crippen LogP contribution in [-0.4, -0.2) is 105 Å². The fourth-order valence-corrected chi connectivity index (χ4v) is 9.24. The number of esters is 1. The maximum absolute atomic E-state index is 14.6. The molecule has 2 aromatic rings. The highest BCUT2D eigenvalue weighted by atomic mass is 16.7. The van der Waals surface area contributed by atoms with E-state index in [1.54, 1.807) is 46.8 Å². The number of carbonyl (C=O) groups is 3. The number of anilines is 1. The smallest absolute Gasteiger partial charge is 0.312 e. The van der Waals surface area contributed by atoms with E-state index in [1.165, 1.54) is 78.2 Å². The number of aliphatic hydroxyl groups excluding tert-OH is 2. The van der Waals surface area contributed by atoms with E-state index in [0.717, 1.165) is 38.5 Å². The summed E-state index contributed by atoms with van der Waals surface area (Å²) in [5, 5.41) is 68.1. The highest BCUT2D eigenvalue weighted by Crippen LogP contribution is 2.55. The molecule has 0 saturated carbocycles. The van der Waals surface area contributed by atoms with Gasteiger partial charge in [-0.3, -0.25) is 19.4 Å². The Morgan fingerprint density at radius 3 is 2.03 bits per heavy atom. The van der Waals surface area contributed by atoms with Crippen molar-refractivity contribution in [2.75, 3.05) is 25.5 Å². The van der Waals surface area contributed by atoms with Crippen LogP contribution in [0.3, 0.4) is 0 Å². The van der Waals surface area contributed by atoms with E-state index in [9.17, 15) is 39.9 Å². The molecule has 358 valence electrons. The molecular formula is C50H71N3O12. The van der Waals surface area contributed by atoms with Gasteiger partial charge in [0.05, 0.1) is 53.0 Å². The Bertz CT molecular complexity index is 2150. The summed E-state index contributed by atoms with van der Waals surface area (Å²) in [4.78, 5) is 41.0. The number of phenols is 3. The van der Waals surface area contributed by atoms with Gasteiger partial charge in [-0.2, -0.15) is 5.10 Å². The number of benzene rings is 2. The van der Waals surface area contributed by atoms with E-state index in [0.29, 0.717) is 13.1 Å². The van der Waals surface area contributed by atoms with Gasteiger partial charge in [0.2, 0.25) is 0 Å². The molecule has 0 aliphatic carbocycles. The average molecular weight is 906 g/mol. The SMILES string of the molecule is COC1C=COC2(C)Oc3c(C)c(O)c4c(O)c(c(/C=N/N5CCCCCCCCCCCC5)c(O)c4c3C2=O)NC(=O)C(C)=CC=CC(C)C(O)C(C)C(O)C(C)C(OC(C)=O)C1C. The van der Waals surface area contributed by atoms with Gasteiger partial charge in [0, 0.05) is 74.2 Å². The summed E-state index contributed by atoms with van der Waals surface area (Å²) in [5.41, 5.74) is -0.252. The Labute approximate surface area is 383 Å². The second-order valence-corrected chi connectivity index (χ2v) is 18.4. The number of hydrazone groups is 1. The number of hydrogen-bond donors (Lipinski definition) is 6. The maximum Gasteiger partial charge on any atom is 0.312 e. The van der Waals surface area contributed by atoms with Crippen molar-refractivity contribution in [3.05, 3.63) is 52.8 Å². The Morgan fingerprint density at radius 1 is 0.846 bits per heavy atom. The quantitative estimate of drug-likeness (QED) is 0.0738. The molecule has 6 rings (SSSR count). The molecule has 0 radical (unpaired) electrons. The molecule has 6 N–H and O–H groups in total. The number of Topliss-reactive ketones (excluding diaryl/α,β-unsaturated/α-hetero) is 1. The van der Waals surface area contributed by atoms with E-state index in [-0.39, 0.29) is 44.5 Å². The lowest BCUT2D eigenvalue weighted by Crippen LogP contribution is -2.46. The number of aliphatic hydroxyl groups is 2. The number of carbonyl (C=O) groups excluding carboxylic acids is 3. The van der Waals surface area contributed by atoms with E-state index in [2.05, 4.69) is 5.32 Å². The number of ketones is 1. The van der Waals surface area contributed by atoms with Crippen LogP contribution in [0.5, 0.6) is 23.0 Å². The highest BCUT2D eigenvalue weighted by molar-refractivity contribution is 6.23. The first-order valence-corrected chi connectivity index (χ1v) is 23.2. The summed E-state index contributed by atoms with van der Waals surface area (Å²) >= 11 is 0. The summed E-state index contributed by atoms with van der Waals surface area (Å²) < 4.78 is 23.8. The van der Waals surface area contributed by atoms with Gasteiger partial charge in [-0.25, -0.2) is 0 Å². The zero-order valence-corrected chi connectivity index (χ0v) is 39.6. The molecule has 0 spiro atoms. The van der Waals surface area contributed by atoms with Crippen LogP contribution in [0.4, 0.5) is 5.69 Å². The van der Waals surface area contributed by atoms with Crippen LogP contribution in [0.1, 0.15) is 134 Å². The minimum atomic E-state index is -2.04. The van der Waals surface area contributed by atoms with Gasteiger partial charge in [-0.15, -0.1) is 0 Å². The molecule has 1 amide bonds. The van der Waals surface area contributed by atoms with Gasteiger partial charge >= 0.3 is 11.8 Å². The van der Waals surface area contributed by atoms with Crippen LogP contribution >= 0.6 is 0 Å². The van der Waals surface area contributed by atoms with Crippen LogP contribution in [0.2, 0.25) is 0 Å². The molecule has 1 fully saturated rings. The number of fused-ring (bicyclic) bond motifs is 14. The van der Waals surface area contributed by atoms with Crippen molar-refractivity contribution in [2.24, 2.45) is 28.8 Å². The molecule has 0 aromatic heterocycles. The third-order valence-corrected chi connectivity index (χ3v) is 13.5. The first-order valence-electron chi connectivity index (χ1n) is 23.2. The fourth-order valence-electron chi connectivity index (χ4n) is 9.24. The molecule has 9 atom stereocenters. The molecular weight excluding hydrogens is 835 g/mol. The third kappa shape index (κ3) is 11.5. The predicted octanol–water partition coefficient (Wildman–Crippen LogP) is 8.30. The molecule has 1 saturated heterocycles. The third-order valence-electron chi connectivity index (χ3n) is 13.5. The minimum Gasteiger partial charge on any atom is -0.507 e. The van der Waals surface area contributed by atoms with Crippen molar-refractivity contribution in [1.29, 1.82) is 0 Å². The zero-order valence-electron chi connectivity index (χ0n) is 39.6. The first-order chi connectivity index (χ1) is 30.8. The summed E-state index contributed by atoms with van der Waals surface area (Å²) in [6, 6.07) is 0. The Morgan fingerprint density at radius 2 is 1.45 bits per heavy atom. The largest absolute Gasteiger partial charge is 0.507 e. The van der Waals surface area contributed by atoms with Crippen molar-refractivity contribution >= 4 is 40.3 Å². The van der Waals surface area contributed by atoms with Gasteiger partial charge < -0.3 is 49.8 Å². The normalized spacial score (nSPS) is 29.4. The van der Waals surface area contributed by atoms with Crippen molar-refractivity contribution in [3.8, 4) is 23.0 Å². The fraction of sp³-hybridized carbons (Fsp3) is 0.600. The van der Waals surface area contributed by atoms with E-state index < -0.39 is 88.8 Å². The number of nitrogens with zero attached hydrogens (tertiary/aromatic N) is 2. The molecule has 15 nitrogen and oxygen atoms in total. The van der Waals surface area contributed by atoms with Crippen LogP contribution < -0.4 is 10.1 Å². The summed E-state index contributed by atoms with van der Waals surface area (Å²) in [6.45, 7) is 13.9. The topological polar surface area (TPSA) is 217 Å². The second kappa shape index (κ2) is 22.4. The Kier molecular flexibility index (Phi) is 17.5. The summed E-state index contributed by atoms with van der Waals surface area (Å²) in [7, 11) is 1.45. The lowest BCUT2D eigenvalue weighted by Gasteiger charge is -2.38. The number of allylic oxidation sites excluding steroid dienone is 2. The molecule has 4 heterocycles. The number of phenolic OH excluding ortho intramolecular Hbond substituents is 3. The Hall–Kier alpha value is -5.12. The Balaban J connectivity index is 1.69. The van der Waals surface area contributed by atoms with E-state index >= 15 is 0 Å². The average Bonchev–Trinajstić information content (AvgIpc) is 3.55. The van der Waals surface area contributed by atoms with Crippen molar-refractivity contribution in [1.82, 2.24) is 5.01 Å². The molecule has 4 aliphatic rings. The van der Waals surface area contributed by atoms with E-state index in [4.69, 9.17) is 24.0 Å². The lowest BCUT2D eigenvalue weighted by molar-refractivity contribution is -0.160. The number of methoxy groups -OCH3 is 1. The highest BCUT2D eigenvalue weighted by Gasteiger charge is 2.50. The molecule has 5 bridgehead atoms. The molecule has 9 unspecified atom stereocenters. The van der Waals surface area contributed by atoms with Crippen LogP contribution in [0.25, 0.3) is 10.8 Å². The van der Waals surface area contributed by atoms with Crippen LogP contribution in [0, 0.1) is 30.6 Å². The molecule has 65 heavy (non-hydrogen) atoms. The summed E-state index contributed by atoms with van der Waals surface area (Å²) in [6.07, 6.45) is 16.0. The summed E-state index contributed by atoms with van der Waals surface area (Å²) in [5.74, 6) is -8.24. The van der Waals surface area contributed by atoms with Crippen LogP contribution in [0.15, 0.2) is 41.2 Å². The first kappa shape index (κ1) is 50.9. The van der Waals surface area contributed by atoms with E-state index in [1.807, 2.05) is 5.01 Å². The van der Waals surface area contributed by atoms with Gasteiger partial charge in [-0.05, 0) is 32.8 Å². The molecule has 2 aromatic carbocycles. The number of rotatable bonds is 4. The van der Waals surface area contributed by atoms with Crippen molar-refractivity contribution in [3.63, 3.8) is 0 Å². The molecule has 4 aliphatic heterocycles. The number of hydrogen-bond acceptors (Lipinski definition) is 14. The monoisotopic (exact) mass is 906 g/mol. The number of nitrogens with one attached hydrogen (secondary N) is 1. The predicted molar refractivity (Wildman–Crippen MR) is 249 cm³/mol. The van der Waals surface area contributed by atoms with Crippen molar-refractivity contribution < 1.29 is 58.9 Å². The number of ether oxygens (including phenoxy) is 4. The number of aromatic hydroxyl groups is 3.